The van der Waals surface area contributed by atoms with Crippen molar-refractivity contribution in [3.8, 4) is 0 Å². The van der Waals surface area contributed by atoms with Crippen LogP contribution in [0.4, 0.5) is 0 Å². The molecule has 1 unspecified atom stereocenters. The fourth-order valence-electron chi connectivity index (χ4n) is 1.28. The topological polar surface area (TPSA) is 38.3 Å². The summed E-state index contributed by atoms with van der Waals surface area (Å²) in [5, 5.41) is 3.21. The van der Waals surface area contributed by atoms with Gasteiger partial charge in [0.25, 0.3) is 0 Å². The van der Waals surface area contributed by atoms with Crippen molar-refractivity contribution >= 4 is 17.7 Å². The fraction of sp³-hybridized carbons (Fsp3) is 0.909. The van der Waals surface area contributed by atoms with Gasteiger partial charge in [0.15, 0.2) is 0 Å². The van der Waals surface area contributed by atoms with Crippen molar-refractivity contribution in [3.63, 3.8) is 0 Å². The second-order valence-electron chi connectivity index (χ2n) is 3.64. The molecule has 0 rings (SSSR count). The molecule has 0 heterocycles. The van der Waals surface area contributed by atoms with E-state index >= 15 is 0 Å². The number of thioether (sulfide) groups is 1. The highest BCUT2D eigenvalue weighted by atomic mass is 32.2. The molecule has 15 heavy (non-hydrogen) atoms. The lowest BCUT2D eigenvalue weighted by Crippen LogP contribution is -2.52. The minimum absolute atomic E-state index is 0.143. The molecule has 0 radical (unpaired) electrons. The number of hydrogen-bond donors (Lipinski definition) is 1. The maximum Gasteiger partial charge on any atom is 0.326 e. The third-order valence-electron chi connectivity index (χ3n) is 2.03. The number of nitrogens with one attached hydrogen (secondary N) is 1. The predicted molar refractivity (Wildman–Crippen MR) is 66.3 cm³/mol. The lowest BCUT2D eigenvalue weighted by atomic mass is 10.1. The van der Waals surface area contributed by atoms with Crippen LogP contribution in [-0.4, -0.2) is 36.2 Å². The van der Waals surface area contributed by atoms with Gasteiger partial charge >= 0.3 is 5.97 Å². The number of carbonyl (C=O) groups is 1. The second kappa shape index (κ2) is 7.99. The lowest BCUT2D eigenvalue weighted by Gasteiger charge is -2.27. The molecule has 0 spiro atoms. The van der Waals surface area contributed by atoms with Crippen molar-refractivity contribution in [3.05, 3.63) is 0 Å². The first kappa shape index (κ1) is 14.8. The molecule has 0 aliphatic rings. The Morgan fingerprint density at radius 2 is 2.07 bits per heavy atom. The van der Waals surface area contributed by atoms with Crippen molar-refractivity contribution < 1.29 is 9.53 Å². The van der Waals surface area contributed by atoms with Crippen LogP contribution in [0, 0.1) is 0 Å². The molecule has 4 heteroatoms. The standard InChI is InChI=1S/C11H23NO2S/c1-5-8-15-9-11(4,12-6-2)10(13)14-7-3/h12H,5-9H2,1-4H3. The van der Waals surface area contributed by atoms with E-state index in [1.54, 1.807) is 11.8 Å². The molecule has 0 saturated carbocycles. The smallest absolute Gasteiger partial charge is 0.326 e. The minimum Gasteiger partial charge on any atom is -0.465 e. The number of esters is 1. The maximum absolute atomic E-state index is 11.8. The van der Waals surface area contributed by atoms with Crippen LogP contribution in [0.3, 0.4) is 0 Å². The zero-order valence-electron chi connectivity index (χ0n) is 10.3. The van der Waals surface area contributed by atoms with E-state index in [1.807, 2.05) is 20.8 Å². The number of carbonyl (C=O) groups excluding carboxylic acids is 1. The highest BCUT2D eigenvalue weighted by Crippen LogP contribution is 2.16. The van der Waals surface area contributed by atoms with Gasteiger partial charge in [0, 0.05) is 5.75 Å². The molecule has 0 aliphatic carbocycles. The van der Waals surface area contributed by atoms with Gasteiger partial charge in [0.1, 0.15) is 5.54 Å². The van der Waals surface area contributed by atoms with Gasteiger partial charge in [0.05, 0.1) is 6.61 Å². The van der Waals surface area contributed by atoms with Gasteiger partial charge in [-0.15, -0.1) is 0 Å². The lowest BCUT2D eigenvalue weighted by molar-refractivity contribution is -0.149. The summed E-state index contributed by atoms with van der Waals surface area (Å²) in [6.07, 6.45) is 1.13. The van der Waals surface area contributed by atoms with Gasteiger partial charge in [-0.3, -0.25) is 4.79 Å². The molecule has 0 aromatic rings. The van der Waals surface area contributed by atoms with Crippen molar-refractivity contribution in [2.75, 3.05) is 24.7 Å². The first-order chi connectivity index (χ1) is 7.10. The summed E-state index contributed by atoms with van der Waals surface area (Å²) in [7, 11) is 0. The summed E-state index contributed by atoms with van der Waals surface area (Å²) < 4.78 is 5.08. The Hall–Kier alpha value is -0.220. The average Bonchev–Trinajstić information content (AvgIpc) is 2.19. The molecule has 0 fully saturated rings. The number of hydrogen-bond acceptors (Lipinski definition) is 4. The van der Waals surface area contributed by atoms with Crippen LogP contribution in [0.1, 0.15) is 34.1 Å². The Kier molecular flexibility index (Phi) is 7.88. The van der Waals surface area contributed by atoms with Crippen LogP contribution in [0.25, 0.3) is 0 Å². The summed E-state index contributed by atoms with van der Waals surface area (Å²) in [5.74, 6) is 1.71. The van der Waals surface area contributed by atoms with Gasteiger partial charge in [0.2, 0.25) is 0 Å². The highest BCUT2D eigenvalue weighted by Gasteiger charge is 2.33. The van der Waals surface area contributed by atoms with E-state index in [4.69, 9.17) is 4.74 Å². The molecular weight excluding hydrogens is 210 g/mol. The third-order valence-corrected chi connectivity index (χ3v) is 3.51. The predicted octanol–water partition coefficient (Wildman–Crippen LogP) is 2.06. The maximum atomic E-state index is 11.8. The Bertz CT molecular complexity index is 187. The summed E-state index contributed by atoms with van der Waals surface area (Å²) in [4.78, 5) is 11.8. The van der Waals surface area contributed by atoms with Gasteiger partial charge in [-0.05, 0) is 32.6 Å². The summed E-state index contributed by atoms with van der Waals surface area (Å²) in [5.41, 5.74) is -0.537. The van der Waals surface area contributed by atoms with Gasteiger partial charge < -0.3 is 10.1 Å². The first-order valence-corrected chi connectivity index (χ1v) is 6.76. The third kappa shape index (κ3) is 5.42. The number of likely N-dealkylation sites (N-methyl/N-ethyl adjacent to an activating group) is 1. The minimum atomic E-state index is -0.537. The van der Waals surface area contributed by atoms with E-state index in [0.29, 0.717) is 6.61 Å². The second-order valence-corrected chi connectivity index (χ2v) is 4.74. The van der Waals surface area contributed by atoms with E-state index < -0.39 is 5.54 Å². The Morgan fingerprint density at radius 3 is 2.53 bits per heavy atom. The van der Waals surface area contributed by atoms with Crippen LogP contribution in [0.15, 0.2) is 0 Å². The monoisotopic (exact) mass is 233 g/mol. The molecule has 0 saturated heterocycles. The van der Waals surface area contributed by atoms with E-state index in [2.05, 4.69) is 12.2 Å². The highest BCUT2D eigenvalue weighted by molar-refractivity contribution is 7.99. The molecule has 0 aliphatic heterocycles. The average molecular weight is 233 g/mol. The molecule has 0 bridgehead atoms. The normalized spacial score (nSPS) is 14.7. The summed E-state index contributed by atoms with van der Waals surface area (Å²) in [6.45, 7) is 9.12. The van der Waals surface area contributed by atoms with Crippen LogP contribution in [0.5, 0.6) is 0 Å². The van der Waals surface area contributed by atoms with E-state index in [0.717, 1.165) is 24.5 Å². The zero-order valence-corrected chi connectivity index (χ0v) is 11.1. The SMILES string of the molecule is CCCSCC(C)(NCC)C(=O)OCC. The van der Waals surface area contributed by atoms with Crippen molar-refractivity contribution in [2.24, 2.45) is 0 Å². The molecule has 0 amide bonds. The quantitative estimate of drug-likeness (QED) is 0.514. The summed E-state index contributed by atoms with van der Waals surface area (Å²) in [6, 6.07) is 0. The van der Waals surface area contributed by atoms with Gasteiger partial charge in [-0.25, -0.2) is 0 Å². The first-order valence-electron chi connectivity index (χ1n) is 5.60. The van der Waals surface area contributed by atoms with Crippen LogP contribution in [-0.2, 0) is 9.53 Å². The molecule has 3 nitrogen and oxygen atoms in total. The summed E-state index contributed by atoms with van der Waals surface area (Å²) >= 11 is 1.79. The van der Waals surface area contributed by atoms with Crippen molar-refractivity contribution in [1.29, 1.82) is 0 Å². The Labute approximate surface area is 97.3 Å². The van der Waals surface area contributed by atoms with E-state index in [9.17, 15) is 4.79 Å². The molecule has 1 atom stereocenters. The fourth-order valence-corrected chi connectivity index (χ4v) is 2.34. The largest absolute Gasteiger partial charge is 0.465 e. The molecule has 0 aromatic carbocycles. The van der Waals surface area contributed by atoms with Crippen LogP contribution >= 0.6 is 11.8 Å². The van der Waals surface area contributed by atoms with E-state index in [1.165, 1.54) is 0 Å². The Balaban J connectivity index is 4.22. The van der Waals surface area contributed by atoms with Crippen molar-refractivity contribution in [1.82, 2.24) is 5.32 Å². The molecule has 0 aromatic heterocycles. The zero-order chi connectivity index (χ0) is 11.7. The number of ether oxygens (including phenoxy) is 1. The number of rotatable bonds is 8. The Morgan fingerprint density at radius 1 is 1.40 bits per heavy atom. The van der Waals surface area contributed by atoms with E-state index in [-0.39, 0.29) is 5.97 Å². The molecule has 90 valence electrons. The van der Waals surface area contributed by atoms with Crippen molar-refractivity contribution in [2.45, 2.75) is 39.7 Å². The molecule has 1 N–H and O–H groups in total. The molecular formula is C11H23NO2S. The van der Waals surface area contributed by atoms with Gasteiger partial charge in [-0.2, -0.15) is 11.8 Å². The van der Waals surface area contributed by atoms with Gasteiger partial charge in [-0.1, -0.05) is 13.8 Å². The van der Waals surface area contributed by atoms with Crippen LogP contribution in [0.2, 0.25) is 0 Å². The van der Waals surface area contributed by atoms with Crippen LogP contribution < -0.4 is 5.32 Å².